The molecule has 14 heavy (non-hydrogen) atoms. The second-order valence-corrected chi connectivity index (χ2v) is 4.46. The van der Waals surface area contributed by atoms with E-state index in [0.29, 0.717) is 5.69 Å². The molecule has 0 bridgehead atoms. The topological polar surface area (TPSA) is 55.2 Å². The van der Waals surface area contributed by atoms with Crippen LogP contribution in [-0.4, -0.2) is 11.0 Å². The Hall–Kier alpha value is -0.850. The summed E-state index contributed by atoms with van der Waals surface area (Å²) >= 11 is 2.06. The van der Waals surface area contributed by atoms with Crippen LogP contribution in [0.2, 0.25) is 0 Å². The minimum Gasteiger partial charge on any atom is -0.377 e. The van der Waals surface area contributed by atoms with Crippen molar-refractivity contribution in [3.8, 4) is 0 Å². The standard InChI is InChI=1S/C9H11IN2O2/c1-6(2)11-8-4-3-7(10)5-9(8)12(13)14/h3-6,11H,1-2H3. The van der Waals surface area contributed by atoms with E-state index in [4.69, 9.17) is 0 Å². The van der Waals surface area contributed by atoms with Gasteiger partial charge in [0.1, 0.15) is 5.69 Å². The van der Waals surface area contributed by atoms with E-state index in [-0.39, 0.29) is 16.7 Å². The van der Waals surface area contributed by atoms with Crippen molar-refractivity contribution in [3.05, 3.63) is 31.9 Å². The van der Waals surface area contributed by atoms with Crippen LogP contribution in [0.15, 0.2) is 18.2 Å². The lowest BCUT2D eigenvalue weighted by Crippen LogP contribution is -2.11. The van der Waals surface area contributed by atoms with Crippen molar-refractivity contribution in [2.45, 2.75) is 19.9 Å². The molecule has 0 saturated carbocycles. The molecule has 0 saturated heterocycles. The molecule has 0 amide bonds. The van der Waals surface area contributed by atoms with E-state index in [0.717, 1.165) is 3.57 Å². The van der Waals surface area contributed by atoms with Crippen LogP contribution in [0.3, 0.4) is 0 Å². The highest BCUT2D eigenvalue weighted by Gasteiger charge is 2.14. The highest BCUT2D eigenvalue weighted by atomic mass is 127. The third kappa shape index (κ3) is 2.83. The Balaban J connectivity index is 3.08. The Kier molecular flexibility index (Phi) is 3.68. The normalized spacial score (nSPS) is 10.3. The summed E-state index contributed by atoms with van der Waals surface area (Å²) < 4.78 is 0.864. The molecule has 0 aromatic heterocycles. The van der Waals surface area contributed by atoms with Crippen LogP contribution in [0, 0.1) is 13.7 Å². The summed E-state index contributed by atoms with van der Waals surface area (Å²) in [7, 11) is 0. The van der Waals surface area contributed by atoms with Crippen LogP contribution in [-0.2, 0) is 0 Å². The molecule has 1 aromatic carbocycles. The first-order valence-corrected chi connectivity index (χ1v) is 5.29. The van der Waals surface area contributed by atoms with Gasteiger partial charge in [-0.3, -0.25) is 10.1 Å². The van der Waals surface area contributed by atoms with Gasteiger partial charge in [0.25, 0.3) is 5.69 Å². The average Bonchev–Trinajstić information content (AvgIpc) is 2.07. The van der Waals surface area contributed by atoms with E-state index in [9.17, 15) is 10.1 Å². The number of anilines is 1. The highest BCUT2D eigenvalue weighted by Crippen LogP contribution is 2.26. The first-order valence-electron chi connectivity index (χ1n) is 4.21. The van der Waals surface area contributed by atoms with Crippen molar-refractivity contribution < 1.29 is 4.92 Å². The maximum Gasteiger partial charge on any atom is 0.293 e. The summed E-state index contributed by atoms with van der Waals surface area (Å²) in [5.41, 5.74) is 0.705. The van der Waals surface area contributed by atoms with Crippen LogP contribution >= 0.6 is 22.6 Å². The van der Waals surface area contributed by atoms with E-state index >= 15 is 0 Å². The number of nitrogens with one attached hydrogen (secondary N) is 1. The fraction of sp³-hybridized carbons (Fsp3) is 0.333. The van der Waals surface area contributed by atoms with Gasteiger partial charge in [0.05, 0.1) is 4.92 Å². The molecule has 0 unspecified atom stereocenters. The zero-order valence-electron chi connectivity index (χ0n) is 7.95. The summed E-state index contributed by atoms with van der Waals surface area (Å²) in [6.45, 7) is 3.89. The van der Waals surface area contributed by atoms with Crippen molar-refractivity contribution >= 4 is 34.0 Å². The van der Waals surface area contributed by atoms with Crippen LogP contribution < -0.4 is 5.32 Å². The molecule has 0 aliphatic rings. The largest absolute Gasteiger partial charge is 0.377 e. The monoisotopic (exact) mass is 306 g/mol. The maximum atomic E-state index is 10.7. The maximum absolute atomic E-state index is 10.7. The number of halogens is 1. The molecule has 76 valence electrons. The predicted octanol–water partition coefficient (Wildman–Crippen LogP) is 3.02. The van der Waals surface area contributed by atoms with Gasteiger partial charge in [-0.25, -0.2) is 0 Å². The lowest BCUT2D eigenvalue weighted by molar-refractivity contribution is -0.384. The summed E-state index contributed by atoms with van der Waals surface area (Å²) in [6.07, 6.45) is 0. The van der Waals surface area contributed by atoms with E-state index in [1.165, 1.54) is 0 Å². The third-order valence-electron chi connectivity index (χ3n) is 1.60. The van der Waals surface area contributed by atoms with Gasteiger partial charge in [0.2, 0.25) is 0 Å². The lowest BCUT2D eigenvalue weighted by atomic mass is 10.2. The molecular formula is C9H11IN2O2. The average molecular weight is 306 g/mol. The number of hydrogen-bond acceptors (Lipinski definition) is 3. The Morgan fingerprint density at radius 2 is 2.14 bits per heavy atom. The van der Waals surface area contributed by atoms with Gasteiger partial charge in [-0.05, 0) is 48.6 Å². The first-order chi connectivity index (χ1) is 6.50. The van der Waals surface area contributed by atoms with Gasteiger partial charge in [0.15, 0.2) is 0 Å². The van der Waals surface area contributed by atoms with Gasteiger partial charge < -0.3 is 5.32 Å². The van der Waals surface area contributed by atoms with Crippen molar-refractivity contribution in [3.63, 3.8) is 0 Å². The predicted molar refractivity (Wildman–Crippen MR) is 64.6 cm³/mol. The number of rotatable bonds is 3. The van der Waals surface area contributed by atoms with Crippen LogP contribution in [0.4, 0.5) is 11.4 Å². The molecular weight excluding hydrogens is 295 g/mol. The smallest absolute Gasteiger partial charge is 0.293 e. The van der Waals surface area contributed by atoms with Gasteiger partial charge in [0, 0.05) is 15.7 Å². The van der Waals surface area contributed by atoms with Gasteiger partial charge in [-0.2, -0.15) is 0 Å². The van der Waals surface area contributed by atoms with E-state index < -0.39 is 0 Å². The second-order valence-electron chi connectivity index (χ2n) is 3.22. The molecule has 1 N–H and O–H groups in total. The molecule has 0 spiro atoms. The third-order valence-corrected chi connectivity index (χ3v) is 2.27. The van der Waals surface area contributed by atoms with Crippen molar-refractivity contribution in [2.75, 3.05) is 5.32 Å². The second kappa shape index (κ2) is 4.59. The molecule has 4 nitrogen and oxygen atoms in total. The van der Waals surface area contributed by atoms with E-state index in [2.05, 4.69) is 27.9 Å². The summed E-state index contributed by atoms with van der Waals surface area (Å²) in [6, 6.07) is 5.33. The molecule has 5 heteroatoms. The molecule has 0 radical (unpaired) electrons. The van der Waals surface area contributed by atoms with E-state index in [1.54, 1.807) is 12.1 Å². The molecule has 1 aromatic rings. The van der Waals surface area contributed by atoms with Gasteiger partial charge >= 0.3 is 0 Å². The Morgan fingerprint density at radius 3 is 2.64 bits per heavy atom. The molecule has 0 fully saturated rings. The lowest BCUT2D eigenvalue weighted by Gasteiger charge is -2.09. The number of nitrogens with zero attached hydrogens (tertiary/aromatic N) is 1. The minimum absolute atomic E-state index is 0.130. The Bertz CT molecular complexity index is 353. The van der Waals surface area contributed by atoms with Gasteiger partial charge in [-0.1, -0.05) is 0 Å². The Labute approximate surface area is 96.0 Å². The van der Waals surface area contributed by atoms with Crippen molar-refractivity contribution in [1.29, 1.82) is 0 Å². The van der Waals surface area contributed by atoms with Crippen molar-refractivity contribution in [1.82, 2.24) is 0 Å². The Morgan fingerprint density at radius 1 is 1.50 bits per heavy atom. The SMILES string of the molecule is CC(C)Nc1ccc(I)cc1[N+](=O)[O-]. The van der Waals surface area contributed by atoms with E-state index in [1.807, 2.05) is 19.9 Å². The molecule has 1 rings (SSSR count). The van der Waals surface area contributed by atoms with Crippen LogP contribution in [0.25, 0.3) is 0 Å². The fourth-order valence-electron chi connectivity index (χ4n) is 1.09. The van der Waals surface area contributed by atoms with Crippen LogP contribution in [0.1, 0.15) is 13.8 Å². The highest BCUT2D eigenvalue weighted by molar-refractivity contribution is 14.1. The summed E-state index contributed by atoms with van der Waals surface area (Å²) in [5, 5.41) is 13.8. The quantitative estimate of drug-likeness (QED) is 0.530. The molecule has 0 atom stereocenters. The van der Waals surface area contributed by atoms with Crippen molar-refractivity contribution in [2.24, 2.45) is 0 Å². The number of hydrogen-bond donors (Lipinski definition) is 1. The minimum atomic E-state index is -0.368. The summed E-state index contributed by atoms with van der Waals surface area (Å²) in [4.78, 5) is 10.3. The first kappa shape index (κ1) is 11.2. The summed E-state index contributed by atoms with van der Waals surface area (Å²) in [5.74, 6) is 0. The zero-order valence-corrected chi connectivity index (χ0v) is 10.1. The number of nitro groups is 1. The number of benzene rings is 1. The van der Waals surface area contributed by atoms with Crippen LogP contribution in [0.5, 0.6) is 0 Å². The number of nitro benzene ring substituents is 1. The fourth-order valence-corrected chi connectivity index (χ4v) is 1.56. The van der Waals surface area contributed by atoms with Gasteiger partial charge in [-0.15, -0.1) is 0 Å². The molecule has 0 aliphatic heterocycles. The zero-order chi connectivity index (χ0) is 10.7. The molecule has 0 aliphatic carbocycles. The molecule has 0 heterocycles.